The van der Waals surface area contributed by atoms with E-state index < -0.39 is 5.97 Å². The highest BCUT2D eigenvalue weighted by atomic mass is 19.1. The Morgan fingerprint density at radius 1 is 1.25 bits per heavy atom. The number of aromatic nitrogens is 1. The molecule has 104 valence electrons. The second-order valence-electron chi connectivity index (χ2n) is 4.38. The zero-order valence-electron chi connectivity index (χ0n) is 10.8. The molecular weight excluding hydrogens is 259 g/mol. The number of benzene rings is 1. The number of hydrogen-bond donors (Lipinski definition) is 2. The van der Waals surface area contributed by atoms with Gasteiger partial charge in [-0.15, -0.1) is 0 Å². The molecule has 2 aromatic rings. The van der Waals surface area contributed by atoms with Crippen molar-refractivity contribution in [2.75, 3.05) is 6.54 Å². The van der Waals surface area contributed by atoms with Gasteiger partial charge >= 0.3 is 5.97 Å². The lowest BCUT2D eigenvalue weighted by Crippen LogP contribution is -2.18. The van der Waals surface area contributed by atoms with Gasteiger partial charge in [0, 0.05) is 6.54 Å². The van der Waals surface area contributed by atoms with E-state index in [1.54, 1.807) is 18.2 Å². The molecule has 0 saturated heterocycles. The predicted octanol–water partition coefficient (Wildman–Crippen LogP) is 2.25. The SMILES string of the molecule is O=C(O)c1cccc(CNCCc2cccc(F)c2)n1. The van der Waals surface area contributed by atoms with Gasteiger partial charge in [-0.2, -0.15) is 0 Å². The van der Waals surface area contributed by atoms with Gasteiger partial charge in [-0.25, -0.2) is 14.2 Å². The van der Waals surface area contributed by atoms with Crippen LogP contribution in [0.5, 0.6) is 0 Å². The number of pyridine rings is 1. The van der Waals surface area contributed by atoms with Crippen molar-refractivity contribution in [2.24, 2.45) is 0 Å². The first-order chi connectivity index (χ1) is 9.65. The van der Waals surface area contributed by atoms with Crippen LogP contribution in [0.3, 0.4) is 0 Å². The van der Waals surface area contributed by atoms with Gasteiger partial charge in [0.2, 0.25) is 0 Å². The Morgan fingerprint density at radius 3 is 2.80 bits per heavy atom. The van der Waals surface area contributed by atoms with Gasteiger partial charge < -0.3 is 10.4 Å². The first kappa shape index (κ1) is 14.1. The lowest BCUT2D eigenvalue weighted by Gasteiger charge is -2.05. The molecule has 2 N–H and O–H groups in total. The fraction of sp³-hybridized carbons (Fsp3) is 0.200. The van der Waals surface area contributed by atoms with Gasteiger partial charge in [-0.3, -0.25) is 0 Å². The van der Waals surface area contributed by atoms with Crippen molar-refractivity contribution in [3.05, 3.63) is 65.2 Å². The van der Waals surface area contributed by atoms with Crippen LogP contribution in [0.25, 0.3) is 0 Å². The standard InChI is InChI=1S/C15H15FN2O2/c16-12-4-1-3-11(9-12)7-8-17-10-13-5-2-6-14(18-13)15(19)20/h1-6,9,17H,7-8,10H2,(H,19,20). The van der Waals surface area contributed by atoms with E-state index in [-0.39, 0.29) is 11.5 Å². The molecule has 0 spiro atoms. The van der Waals surface area contributed by atoms with Crippen LogP contribution in [0.2, 0.25) is 0 Å². The van der Waals surface area contributed by atoms with Crippen LogP contribution in [0.15, 0.2) is 42.5 Å². The molecule has 0 bridgehead atoms. The molecule has 0 aliphatic heterocycles. The van der Waals surface area contributed by atoms with Crippen molar-refractivity contribution in [2.45, 2.75) is 13.0 Å². The van der Waals surface area contributed by atoms with Crippen LogP contribution in [0.1, 0.15) is 21.7 Å². The van der Waals surface area contributed by atoms with E-state index >= 15 is 0 Å². The Hall–Kier alpha value is -2.27. The third-order valence-corrected chi connectivity index (χ3v) is 2.81. The smallest absolute Gasteiger partial charge is 0.354 e. The Morgan fingerprint density at radius 2 is 2.05 bits per heavy atom. The molecule has 0 aliphatic rings. The van der Waals surface area contributed by atoms with E-state index in [1.807, 2.05) is 6.07 Å². The Balaban J connectivity index is 1.81. The van der Waals surface area contributed by atoms with Crippen LogP contribution in [-0.2, 0) is 13.0 Å². The van der Waals surface area contributed by atoms with Crippen molar-refractivity contribution >= 4 is 5.97 Å². The number of carboxylic acids is 1. The van der Waals surface area contributed by atoms with E-state index in [0.717, 1.165) is 5.56 Å². The van der Waals surface area contributed by atoms with Crippen LogP contribution >= 0.6 is 0 Å². The van der Waals surface area contributed by atoms with Gasteiger partial charge in [-0.1, -0.05) is 18.2 Å². The molecule has 0 saturated carbocycles. The number of rotatable bonds is 6. The lowest BCUT2D eigenvalue weighted by molar-refractivity contribution is 0.0690. The Bertz CT molecular complexity index is 602. The number of nitrogens with one attached hydrogen (secondary N) is 1. The maximum atomic E-state index is 13.0. The fourth-order valence-electron chi connectivity index (χ4n) is 1.84. The van der Waals surface area contributed by atoms with Crippen LogP contribution < -0.4 is 5.32 Å². The van der Waals surface area contributed by atoms with Crippen LogP contribution in [0.4, 0.5) is 4.39 Å². The third-order valence-electron chi connectivity index (χ3n) is 2.81. The molecule has 0 amide bonds. The molecule has 0 radical (unpaired) electrons. The Kier molecular flexibility index (Phi) is 4.79. The summed E-state index contributed by atoms with van der Waals surface area (Å²) in [7, 11) is 0. The summed E-state index contributed by atoms with van der Waals surface area (Å²) in [6.45, 7) is 1.15. The number of carboxylic acid groups (broad SMARTS) is 1. The average Bonchev–Trinajstić information content (AvgIpc) is 2.44. The second-order valence-corrected chi connectivity index (χ2v) is 4.38. The summed E-state index contributed by atoms with van der Waals surface area (Å²) in [6, 6.07) is 11.4. The normalized spacial score (nSPS) is 10.4. The summed E-state index contributed by atoms with van der Waals surface area (Å²) >= 11 is 0. The molecule has 0 aliphatic carbocycles. The minimum Gasteiger partial charge on any atom is -0.477 e. The summed E-state index contributed by atoms with van der Waals surface area (Å²) in [6.07, 6.45) is 0.705. The zero-order valence-corrected chi connectivity index (χ0v) is 10.8. The summed E-state index contributed by atoms with van der Waals surface area (Å²) in [5.74, 6) is -1.27. The van der Waals surface area contributed by atoms with E-state index in [2.05, 4.69) is 10.3 Å². The molecule has 0 fully saturated rings. The van der Waals surface area contributed by atoms with Crippen molar-refractivity contribution in [3.8, 4) is 0 Å². The van der Waals surface area contributed by atoms with Crippen LogP contribution in [0, 0.1) is 5.82 Å². The number of aromatic carboxylic acids is 1. The summed E-state index contributed by atoms with van der Waals surface area (Å²) in [5.41, 5.74) is 1.63. The lowest BCUT2D eigenvalue weighted by atomic mass is 10.1. The van der Waals surface area contributed by atoms with Crippen molar-refractivity contribution in [1.82, 2.24) is 10.3 Å². The maximum absolute atomic E-state index is 13.0. The minimum absolute atomic E-state index is 0.0365. The monoisotopic (exact) mass is 274 g/mol. The topological polar surface area (TPSA) is 62.2 Å². The highest BCUT2D eigenvalue weighted by molar-refractivity contribution is 5.85. The molecule has 5 heteroatoms. The molecule has 0 atom stereocenters. The largest absolute Gasteiger partial charge is 0.477 e. The van der Waals surface area contributed by atoms with Gasteiger partial charge in [0.05, 0.1) is 5.69 Å². The number of nitrogens with zero attached hydrogens (tertiary/aromatic N) is 1. The highest BCUT2D eigenvalue weighted by Crippen LogP contribution is 2.04. The van der Waals surface area contributed by atoms with E-state index in [1.165, 1.54) is 18.2 Å². The third kappa shape index (κ3) is 4.13. The first-order valence-corrected chi connectivity index (χ1v) is 6.29. The van der Waals surface area contributed by atoms with E-state index in [0.29, 0.717) is 25.2 Å². The van der Waals surface area contributed by atoms with Crippen molar-refractivity contribution in [1.29, 1.82) is 0 Å². The van der Waals surface area contributed by atoms with Crippen molar-refractivity contribution < 1.29 is 14.3 Å². The summed E-state index contributed by atoms with van der Waals surface area (Å²) in [4.78, 5) is 14.8. The van der Waals surface area contributed by atoms with Gasteiger partial charge in [0.25, 0.3) is 0 Å². The zero-order chi connectivity index (χ0) is 14.4. The molecule has 0 unspecified atom stereocenters. The maximum Gasteiger partial charge on any atom is 0.354 e. The number of hydrogen-bond acceptors (Lipinski definition) is 3. The van der Waals surface area contributed by atoms with E-state index in [4.69, 9.17) is 5.11 Å². The minimum atomic E-state index is -1.04. The molecule has 2 rings (SSSR count). The number of halogens is 1. The average molecular weight is 274 g/mol. The van der Waals surface area contributed by atoms with Gasteiger partial charge in [0.15, 0.2) is 0 Å². The number of carbonyl (C=O) groups is 1. The molecular formula is C15H15FN2O2. The predicted molar refractivity (Wildman–Crippen MR) is 73.0 cm³/mol. The van der Waals surface area contributed by atoms with Crippen LogP contribution in [-0.4, -0.2) is 22.6 Å². The molecule has 20 heavy (non-hydrogen) atoms. The second kappa shape index (κ2) is 6.77. The Labute approximate surface area is 116 Å². The highest BCUT2D eigenvalue weighted by Gasteiger charge is 2.04. The summed E-state index contributed by atoms with van der Waals surface area (Å²) < 4.78 is 13.0. The molecule has 1 heterocycles. The first-order valence-electron chi connectivity index (χ1n) is 6.29. The quantitative estimate of drug-likeness (QED) is 0.793. The molecule has 1 aromatic heterocycles. The van der Waals surface area contributed by atoms with Crippen molar-refractivity contribution in [3.63, 3.8) is 0 Å². The molecule has 1 aromatic carbocycles. The van der Waals surface area contributed by atoms with E-state index in [9.17, 15) is 9.18 Å². The van der Waals surface area contributed by atoms with Gasteiger partial charge in [-0.05, 0) is 42.8 Å². The summed E-state index contributed by atoms with van der Waals surface area (Å²) in [5, 5.41) is 12.0. The fourth-order valence-corrected chi connectivity index (χ4v) is 1.84. The van der Waals surface area contributed by atoms with Gasteiger partial charge in [0.1, 0.15) is 11.5 Å². The molecule has 4 nitrogen and oxygen atoms in total.